The lowest BCUT2D eigenvalue weighted by Gasteiger charge is -2.45. The number of rotatable bonds is 0. The zero-order valence-corrected chi connectivity index (χ0v) is 12.0. The molecule has 1 saturated heterocycles. The fourth-order valence-electron chi connectivity index (χ4n) is 4.11. The van der Waals surface area contributed by atoms with Gasteiger partial charge in [-0.3, -0.25) is 4.90 Å². The van der Waals surface area contributed by atoms with E-state index < -0.39 is 0 Å². The van der Waals surface area contributed by atoms with Crippen molar-refractivity contribution in [3.63, 3.8) is 0 Å². The molecular formula is C15H29N. The van der Waals surface area contributed by atoms with Crippen LogP contribution in [-0.4, -0.2) is 23.0 Å². The Bertz CT molecular complexity index is 256. The van der Waals surface area contributed by atoms with Gasteiger partial charge in [0, 0.05) is 18.1 Å². The average Bonchev–Trinajstić information content (AvgIpc) is 2.53. The summed E-state index contributed by atoms with van der Waals surface area (Å²) in [6, 6.07) is 0.792. The number of hydrogen-bond donors (Lipinski definition) is 0. The summed E-state index contributed by atoms with van der Waals surface area (Å²) in [4.78, 5) is 2.79. The van der Waals surface area contributed by atoms with E-state index in [4.69, 9.17) is 0 Å². The highest BCUT2D eigenvalue weighted by atomic mass is 15.3. The molecule has 94 valence electrons. The van der Waals surface area contributed by atoms with Crippen LogP contribution in [0.5, 0.6) is 0 Å². The molecule has 0 radical (unpaired) electrons. The second-order valence-corrected chi connectivity index (χ2v) is 7.99. The average molecular weight is 223 g/mol. The minimum absolute atomic E-state index is 0.336. The Morgan fingerprint density at radius 3 is 2.06 bits per heavy atom. The summed E-state index contributed by atoms with van der Waals surface area (Å²) < 4.78 is 0. The van der Waals surface area contributed by atoms with E-state index >= 15 is 0 Å². The fraction of sp³-hybridized carbons (Fsp3) is 1.00. The first-order chi connectivity index (χ1) is 7.21. The van der Waals surface area contributed by atoms with Crippen molar-refractivity contribution in [1.29, 1.82) is 0 Å². The monoisotopic (exact) mass is 223 g/mol. The Balaban J connectivity index is 2.27. The molecule has 3 atom stereocenters. The third kappa shape index (κ3) is 2.03. The fourth-order valence-corrected chi connectivity index (χ4v) is 4.11. The smallest absolute Gasteiger partial charge is 0.0180 e. The molecule has 0 amide bonds. The molecule has 2 fully saturated rings. The maximum absolute atomic E-state index is 2.79. The topological polar surface area (TPSA) is 3.24 Å². The molecular weight excluding hydrogens is 194 g/mol. The molecule has 2 aliphatic rings. The van der Waals surface area contributed by atoms with E-state index in [1.807, 2.05) is 0 Å². The van der Waals surface area contributed by atoms with Crippen molar-refractivity contribution < 1.29 is 0 Å². The van der Waals surface area contributed by atoms with Crippen LogP contribution in [0.4, 0.5) is 0 Å². The Morgan fingerprint density at radius 1 is 0.938 bits per heavy atom. The molecule has 2 rings (SSSR count). The zero-order valence-electron chi connectivity index (χ0n) is 12.0. The lowest BCUT2D eigenvalue weighted by molar-refractivity contribution is 0.0377. The summed E-state index contributed by atoms with van der Waals surface area (Å²) >= 11 is 0. The van der Waals surface area contributed by atoms with Crippen molar-refractivity contribution >= 4 is 0 Å². The highest BCUT2D eigenvalue weighted by molar-refractivity contribution is 5.04. The molecule has 0 aromatic carbocycles. The van der Waals surface area contributed by atoms with Crippen LogP contribution in [0.1, 0.15) is 60.8 Å². The number of nitrogens with zero attached hydrogens (tertiary/aromatic N) is 1. The molecule has 0 spiro atoms. The lowest BCUT2D eigenvalue weighted by Crippen LogP contribution is -2.51. The molecule has 0 aromatic heterocycles. The normalized spacial score (nSPS) is 36.8. The van der Waals surface area contributed by atoms with Gasteiger partial charge < -0.3 is 0 Å². The van der Waals surface area contributed by atoms with Gasteiger partial charge in [0.25, 0.3) is 0 Å². The van der Waals surface area contributed by atoms with E-state index in [1.54, 1.807) is 0 Å². The minimum atomic E-state index is 0.336. The maximum atomic E-state index is 2.79. The molecule has 3 unspecified atom stereocenters. The third-order valence-electron chi connectivity index (χ3n) is 4.64. The molecule has 1 nitrogen and oxygen atoms in total. The van der Waals surface area contributed by atoms with Crippen LogP contribution in [0.2, 0.25) is 0 Å². The van der Waals surface area contributed by atoms with Crippen molar-refractivity contribution in [2.45, 2.75) is 72.4 Å². The molecule has 0 aromatic rings. The summed E-state index contributed by atoms with van der Waals surface area (Å²) in [5, 5.41) is 0. The Labute approximate surface area is 102 Å². The maximum Gasteiger partial charge on any atom is 0.0180 e. The second kappa shape index (κ2) is 3.73. The van der Waals surface area contributed by atoms with Crippen LogP contribution in [0.25, 0.3) is 0 Å². The van der Waals surface area contributed by atoms with Gasteiger partial charge in [-0.05, 0) is 50.9 Å². The van der Waals surface area contributed by atoms with Gasteiger partial charge in [0.1, 0.15) is 0 Å². The van der Waals surface area contributed by atoms with Crippen molar-refractivity contribution in [3.05, 3.63) is 0 Å². The summed E-state index contributed by atoms with van der Waals surface area (Å²) in [7, 11) is 0. The van der Waals surface area contributed by atoms with E-state index in [9.17, 15) is 0 Å². The van der Waals surface area contributed by atoms with Gasteiger partial charge >= 0.3 is 0 Å². The molecule has 0 bridgehead atoms. The predicted octanol–water partition coefficient (Wildman–Crippen LogP) is 3.93. The Hall–Kier alpha value is -0.0400. The molecule has 1 aliphatic heterocycles. The summed E-state index contributed by atoms with van der Waals surface area (Å²) in [6.07, 6.45) is 4.42. The highest BCUT2D eigenvalue weighted by Gasteiger charge is 2.51. The first kappa shape index (κ1) is 12.4. The van der Waals surface area contributed by atoms with E-state index in [2.05, 4.69) is 46.4 Å². The van der Waals surface area contributed by atoms with Crippen LogP contribution in [0.3, 0.4) is 0 Å². The van der Waals surface area contributed by atoms with Gasteiger partial charge in [0.2, 0.25) is 0 Å². The molecule has 16 heavy (non-hydrogen) atoms. The van der Waals surface area contributed by atoms with Crippen LogP contribution in [0.15, 0.2) is 0 Å². The Morgan fingerprint density at radius 2 is 1.56 bits per heavy atom. The summed E-state index contributed by atoms with van der Waals surface area (Å²) in [5.74, 6) is 1.96. The summed E-state index contributed by atoms with van der Waals surface area (Å²) in [6.45, 7) is 15.8. The molecule has 1 saturated carbocycles. The summed E-state index contributed by atoms with van der Waals surface area (Å²) in [5.41, 5.74) is 0.763. The second-order valence-electron chi connectivity index (χ2n) is 7.99. The van der Waals surface area contributed by atoms with Gasteiger partial charge in [-0.1, -0.05) is 27.2 Å². The predicted molar refractivity (Wildman–Crippen MR) is 70.5 cm³/mol. The zero-order chi connectivity index (χ0) is 12.1. The van der Waals surface area contributed by atoms with Crippen LogP contribution >= 0.6 is 0 Å². The van der Waals surface area contributed by atoms with E-state index in [-0.39, 0.29) is 0 Å². The van der Waals surface area contributed by atoms with E-state index in [0.29, 0.717) is 11.0 Å². The first-order valence-electron chi connectivity index (χ1n) is 6.98. The van der Waals surface area contributed by atoms with Crippen LogP contribution in [-0.2, 0) is 0 Å². The Kier molecular flexibility index (Phi) is 2.89. The van der Waals surface area contributed by atoms with Gasteiger partial charge in [-0.2, -0.15) is 0 Å². The number of hydrogen-bond acceptors (Lipinski definition) is 1. The molecule has 1 heteroatoms. The van der Waals surface area contributed by atoms with Crippen molar-refractivity contribution in [1.82, 2.24) is 4.90 Å². The lowest BCUT2D eigenvalue weighted by atomic mass is 9.77. The van der Waals surface area contributed by atoms with E-state index in [1.165, 1.54) is 25.8 Å². The minimum Gasteiger partial charge on any atom is -0.294 e. The first-order valence-corrected chi connectivity index (χ1v) is 6.98. The van der Waals surface area contributed by atoms with E-state index in [0.717, 1.165) is 17.9 Å². The molecule has 1 heterocycles. The van der Waals surface area contributed by atoms with Crippen molar-refractivity contribution in [2.24, 2.45) is 17.3 Å². The van der Waals surface area contributed by atoms with Crippen molar-refractivity contribution in [2.75, 3.05) is 6.54 Å². The molecule has 0 N–H and O–H groups in total. The van der Waals surface area contributed by atoms with Crippen molar-refractivity contribution in [3.8, 4) is 0 Å². The largest absolute Gasteiger partial charge is 0.294 e. The SMILES string of the molecule is CC(C)(C)C1C2CCCC2CN1C(C)(C)C. The van der Waals surface area contributed by atoms with Gasteiger partial charge in [-0.25, -0.2) is 0 Å². The quantitative estimate of drug-likeness (QED) is 0.601. The van der Waals surface area contributed by atoms with Crippen LogP contribution < -0.4 is 0 Å². The molecule has 1 aliphatic carbocycles. The highest BCUT2D eigenvalue weighted by Crippen LogP contribution is 2.49. The van der Waals surface area contributed by atoms with Gasteiger partial charge in [0.15, 0.2) is 0 Å². The van der Waals surface area contributed by atoms with Gasteiger partial charge in [0.05, 0.1) is 0 Å². The standard InChI is InChI=1S/C15H29N/c1-14(2,3)13-12-9-7-8-11(12)10-16(13)15(4,5)6/h11-13H,7-10H2,1-6H3. The van der Waals surface area contributed by atoms with Gasteiger partial charge in [-0.15, -0.1) is 0 Å². The number of fused-ring (bicyclic) bond motifs is 1. The number of likely N-dealkylation sites (tertiary alicyclic amines) is 1. The third-order valence-corrected chi connectivity index (χ3v) is 4.64. The van der Waals surface area contributed by atoms with Crippen LogP contribution in [0, 0.1) is 17.3 Å².